The summed E-state index contributed by atoms with van der Waals surface area (Å²) in [4.78, 5) is 39.6. The average molecular weight is 844 g/mol. The highest BCUT2D eigenvalue weighted by molar-refractivity contribution is 5.77. The summed E-state index contributed by atoms with van der Waals surface area (Å²) in [6.07, 6.45) is 41.6. The van der Waals surface area contributed by atoms with Gasteiger partial charge in [-0.2, -0.15) is 0 Å². The van der Waals surface area contributed by atoms with Crippen molar-refractivity contribution in [2.24, 2.45) is 0 Å². The molecule has 0 spiro atoms. The SMILES string of the molecule is CCCCCCCC/C=C/CCCCCCCC(=O)OCCN(CCOC(=O)CCCCCCC/C=C/CCCCCCCC)C(=O)C[N+](C)(C)CCO.[Br-]. The van der Waals surface area contributed by atoms with E-state index >= 15 is 0 Å². The molecular weight excluding hydrogens is 756 g/mol. The van der Waals surface area contributed by atoms with E-state index < -0.39 is 0 Å². The van der Waals surface area contributed by atoms with Gasteiger partial charge >= 0.3 is 11.9 Å². The smallest absolute Gasteiger partial charge is 0.305 e. The first kappa shape index (κ1) is 55.4. The molecule has 0 unspecified atom stereocenters. The van der Waals surface area contributed by atoms with Gasteiger partial charge in [-0.15, -0.1) is 0 Å². The maximum absolute atomic E-state index is 13.2. The number of esters is 2. The van der Waals surface area contributed by atoms with Crippen molar-refractivity contribution >= 4 is 17.8 Å². The molecule has 0 aromatic carbocycles. The van der Waals surface area contributed by atoms with Gasteiger partial charge in [0, 0.05) is 12.8 Å². The number of amides is 1. The van der Waals surface area contributed by atoms with Gasteiger partial charge in [0.15, 0.2) is 6.54 Å². The van der Waals surface area contributed by atoms with Crippen molar-refractivity contribution < 1.29 is 50.4 Å². The Bertz CT molecular complexity index is 883. The van der Waals surface area contributed by atoms with Gasteiger partial charge in [0.2, 0.25) is 0 Å². The number of aliphatic hydroxyl groups excluding tert-OH is 1. The maximum atomic E-state index is 13.2. The molecule has 8 nitrogen and oxygen atoms in total. The number of nitrogens with zero attached hydrogens (tertiary/aromatic N) is 2. The van der Waals surface area contributed by atoms with E-state index in [2.05, 4.69) is 38.2 Å². The second-order valence-electron chi connectivity index (χ2n) is 16.0. The summed E-state index contributed by atoms with van der Waals surface area (Å²) in [5.41, 5.74) is 0. The van der Waals surface area contributed by atoms with Crippen LogP contribution in [0.15, 0.2) is 24.3 Å². The molecule has 0 aliphatic carbocycles. The van der Waals surface area contributed by atoms with Crippen LogP contribution in [0.25, 0.3) is 0 Å². The lowest BCUT2D eigenvalue weighted by molar-refractivity contribution is -0.883. The van der Waals surface area contributed by atoms with Crippen molar-refractivity contribution in [1.82, 2.24) is 4.90 Å². The van der Waals surface area contributed by atoms with E-state index in [0.29, 0.717) is 23.9 Å². The van der Waals surface area contributed by atoms with Crippen molar-refractivity contribution in [3.05, 3.63) is 24.3 Å². The number of hydrogen-bond acceptors (Lipinski definition) is 6. The lowest BCUT2D eigenvalue weighted by atomic mass is 10.1. The van der Waals surface area contributed by atoms with Crippen molar-refractivity contribution in [2.45, 2.75) is 194 Å². The van der Waals surface area contributed by atoms with Crippen LogP contribution in [0.5, 0.6) is 0 Å². The number of carbonyl (C=O) groups excluding carboxylic acids is 3. The molecule has 0 fully saturated rings. The van der Waals surface area contributed by atoms with Crippen LogP contribution in [-0.2, 0) is 23.9 Å². The fourth-order valence-electron chi connectivity index (χ4n) is 6.54. The van der Waals surface area contributed by atoms with Crippen molar-refractivity contribution in [1.29, 1.82) is 0 Å². The summed E-state index contributed by atoms with van der Waals surface area (Å²) in [5.74, 6) is -0.583. The van der Waals surface area contributed by atoms with Gasteiger partial charge < -0.3 is 40.9 Å². The maximum Gasteiger partial charge on any atom is 0.305 e. The van der Waals surface area contributed by atoms with Gasteiger partial charge in [0.1, 0.15) is 19.8 Å². The topological polar surface area (TPSA) is 93.1 Å². The third-order valence-electron chi connectivity index (χ3n) is 10.2. The molecule has 0 saturated heterocycles. The highest BCUT2D eigenvalue weighted by Gasteiger charge is 2.24. The number of likely N-dealkylation sites (N-methyl/N-ethyl adjacent to an activating group) is 1. The molecule has 0 atom stereocenters. The summed E-state index contributed by atoms with van der Waals surface area (Å²) >= 11 is 0. The first-order valence-electron chi connectivity index (χ1n) is 22.6. The minimum atomic E-state index is -0.234. The fraction of sp³-hybridized carbons (Fsp3) is 0.848. The number of hydrogen-bond donors (Lipinski definition) is 1. The summed E-state index contributed by atoms with van der Waals surface area (Å²) in [6, 6.07) is 0. The zero-order valence-electron chi connectivity index (χ0n) is 36.3. The van der Waals surface area contributed by atoms with E-state index in [1.165, 1.54) is 116 Å². The second kappa shape index (κ2) is 41.9. The summed E-state index contributed by atoms with van der Waals surface area (Å²) in [5, 5.41) is 9.41. The third-order valence-corrected chi connectivity index (χ3v) is 10.2. The Labute approximate surface area is 350 Å². The molecule has 0 saturated carbocycles. The third kappa shape index (κ3) is 40.3. The van der Waals surface area contributed by atoms with E-state index in [1.54, 1.807) is 4.90 Å². The zero-order valence-corrected chi connectivity index (χ0v) is 37.9. The molecule has 0 bridgehead atoms. The molecule has 324 valence electrons. The van der Waals surface area contributed by atoms with E-state index in [-0.39, 0.29) is 74.3 Å². The second-order valence-corrected chi connectivity index (χ2v) is 16.0. The van der Waals surface area contributed by atoms with Gasteiger partial charge in [-0.1, -0.05) is 141 Å². The molecule has 0 aromatic rings. The van der Waals surface area contributed by atoms with Crippen LogP contribution in [0, 0.1) is 0 Å². The predicted octanol–water partition coefficient (Wildman–Crippen LogP) is 8.05. The van der Waals surface area contributed by atoms with Gasteiger partial charge in [-0.25, -0.2) is 0 Å². The average Bonchev–Trinajstić information content (AvgIpc) is 3.13. The van der Waals surface area contributed by atoms with Gasteiger partial charge in [-0.3, -0.25) is 14.4 Å². The number of aliphatic hydroxyl groups is 1. The quantitative estimate of drug-likeness (QED) is 0.0291. The molecular formula is C46H87BrN2O6. The minimum Gasteiger partial charge on any atom is -1.00 e. The number of allylic oxidation sites excluding steroid dienone is 4. The molecule has 0 rings (SSSR count). The van der Waals surface area contributed by atoms with E-state index in [4.69, 9.17) is 9.47 Å². The van der Waals surface area contributed by atoms with Crippen molar-refractivity contribution in [3.8, 4) is 0 Å². The Morgan fingerprint density at radius 3 is 1.20 bits per heavy atom. The van der Waals surface area contributed by atoms with Crippen LogP contribution in [0.2, 0.25) is 0 Å². The number of carbonyl (C=O) groups is 3. The number of unbranched alkanes of at least 4 members (excludes halogenated alkanes) is 22. The van der Waals surface area contributed by atoms with E-state index in [9.17, 15) is 19.5 Å². The molecule has 1 amide bonds. The Morgan fingerprint density at radius 2 is 0.855 bits per heavy atom. The molecule has 0 aliphatic rings. The summed E-state index contributed by atoms with van der Waals surface area (Å²) in [7, 11) is 3.79. The number of halogens is 1. The standard InChI is InChI=1S/C46H87N2O6.BrH/c1-5-7-9-11-13-15-17-19-21-23-25-27-29-31-33-35-45(51)53-41-37-47(44(50)43-48(3,4)39-40-49)38-42-54-46(52)36-34-32-30-28-26-24-22-20-18-16-14-12-10-8-6-2;/h19-22,49H,5-18,23-43H2,1-4H3;1H/q+1;/p-1/b21-19+,22-20+;. The number of quaternary nitrogens is 1. The zero-order chi connectivity index (χ0) is 39.8. The highest BCUT2D eigenvalue weighted by Crippen LogP contribution is 2.12. The molecule has 0 aromatic heterocycles. The van der Waals surface area contributed by atoms with Crippen LogP contribution in [0.1, 0.15) is 194 Å². The van der Waals surface area contributed by atoms with Gasteiger partial charge in [0.05, 0.1) is 33.8 Å². The normalized spacial score (nSPS) is 11.7. The molecule has 55 heavy (non-hydrogen) atoms. The van der Waals surface area contributed by atoms with Crippen LogP contribution in [0.3, 0.4) is 0 Å². The summed E-state index contributed by atoms with van der Waals surface area (Å²) in [6.45, 7) is 5.90. The van der Waals surface area contributed by atoms with Crippen molar-refractivity contribution in [3.63, 3.8) is 0 Å². The molecule has 9 heteroatoms. The van der Waals surface area contributed by atoms with Crippen molar-refractivity contribution in [2.75, 3.05) is 60.1 Å². The van der Waals surface area contributed by atoms with E-state index in [1.807, 2.05) is 14.1 Å². The van der Waals surface area contributed by atoms with Crippen LogP contribution < -0.4 is 17.0 Å². The Balaban J connectivity index is 0. The number of ether oxygens (including phenoxy) is 2. The first-order chi connectivity index (χ1) is 26.3. The monoisotopic (exact) mass is 843 g/mol. The first-order valence-corrected chi connectivity index (χ1v) is 22.6. The van der Waals surface area contributed by atoms with Gasteiger partial charge in [0.25, 0.3) is 5.91 Å². The van der Waals surface area contributed by atoms with E-state index in [0.717, 1.165) is 51.4 Å². The Kier molecular flexibility index (Phi) is 42.2. The Hall–Kier alpha value is -1.71. The summed E-state index contributed by atoms with van der Waals surface area (Å²) < 4.78 is 11.3. The largest absolute Gasteiger partial charge is 1.00 e. The van der Waals surface area contributed by atoms with Crippen LogP contribution >= 0.6 is 0 Å². The van der Waals surface area contributed by atoms with Gasteiger partial charge in [-0.05, 0) is 64.2 Å². The minimum absolute atomic E-state index is 0. The molecule has 0 heterocycles. The van der Waals surface area contributed by atoms with Crippen LogP contribution in [-0.4, -0.2) is 92.4 Å². The lowest BCUT2D eigenvalue weighted by Crippen LogP contribution is -3.00. The highest BCUT2D eigenvalue weighted by atomic mass is 79.9. The lowest BCUT2D eigenvalue weighted by Gasteiger charge is -2.31. The van der Waals surface area contributed by atoms with Crippen LogP contribution in [0.4, 0.5) is 0 Å². The molecule has 0 aliphatic heterocycles. The predicted molar refractivity (Wildman–Crippen MR) is 226 cm³/mol. The Morgan fingerprint density at radius 1 is 0.527 bits per heavy atom. The number of rotatable bonds is 40. The molecule has 0 radical (unpaired) electrons. The molecule has 1 N–H and O–H groups in total. The fourth-order valence-corrected chi connectivity index (χ4v) is 6.54.